The fourth-order valence-corrected chi connectivity index (χ4v) is 3.18. The molecule has 3 rings (SSSR count). The molecule has 0 unspecified atom stereocenters. The summed E-state index contributed by atoms with van der Waals surface area (Å²) < 4.78 is 4.84. The highest BCUT2D eigenvalue weighted by Gasteiger charge is 2.26. The summed E-state index contributed by atoms with van der Waals surface area (Å²) in [7, 11) is 1.40. The number of ether oxygens (including phenoxy) is 1. The number of fused-ring (bicyclic) bond motifs is 1. The number of rotatable bonds is 4. The average molecular weight is 324 g/mol. The van der Waals surface area contributed by atoms with E-state index in [1.165, 1.54) is 24.6 Å². The van der Waals surface area contributed by atoms with Crippen LogP contribution in [0.25, 0.3) is 5.70 Å². The minimum Gasteiger partial charge on any atom is -0.465 e. The van der Waals surface area contributed by atoms with E-state index in [9.17, 15) is 4.79 Å². The van der Waals surface area contributed by atoms with Crippen LogP contribution in [-0.4, -0.2) is 23.0 Å². The van der Waals surface area contributed by atoms with Gasteiger partial charge in [0, 0.05) is 6.07 Å². The van der Waals surface area contributed by atoms with Crippen LogP contribution < -0.4 is 11.1 Å². The Morgan fingerprint density at radius 3 is 2.92 bits per heavy atom. The number of hydrogen-bond acceptors (Lipinski definition) is 6. The Balaban J connectivity index is 1.84. The third kappa shape index (κ3) is 2.82. The van der Waals surface area contributed by atoms with Crippen LogP contribution in [0.3, 0.4) is 0 Å². The number of nitrogens with two attached hydrogens (primary N) is 1. The maximum absolute atomic E-state index is 11.8. The van der Waals surface area contributed by atoms with Crippen molar-refractivity contribution >= 4 is 17.5 Å². The molecule has 0 saturated carbocycles. The van der Waals surface area contributed by atoms with Gasteiger partial charge in [0.15, 0.2) is 0 Å². The molecule has 0 bridgehead atoms. The second kappa shape index (κ2) is 6.31. The molecule has 0 spiro atoms. The van der Waals surface area contributed by atoms with Crippen molar-refractivity contribution in [3.8, 4) is 0 Å². The molecule has 6 nitrogen and oxygen atoms in total. The van der Waals surface area contributed by atoms with E-state index in [1.54, 1.807) is 6.07 Å². The number of methoxy groups -OCH3 is 1. The summed E-state index contributed by atoms with van der Waals surface area (Å²) in [6.45, 7) is 6.02. The van der Waals surface area contributed by atoms with E-state index in [-0.39, 0.29) is 12.0 Å². The molecule has 1 heterocycles. The monoisotopic (exact) mass is 324 g/mol. The smallest absolute Gasteiger partial charge is 0.338 e. The van der Waals surface area contributed by atoms with Gasteiger partial charge in [0.1, 0.15) is 12.1 Å². The number of nitrogens with zero attached hydrogens (tertiary/aromatic N) is 2. The van der Waals surface area contributed by atoms with Crippen LogP contribution in [0, 0.1) is 6.92 Å². The summed E-state index contributed by atoms with van der Waals surface area (Å²) in [4.78, 5) is 19.9. The topological polar surface area (TPSA) is 90.1 Å². The molecule has 1 atom stereocenters. The van der Waals surface area contributed by atoms with Crippen molar-refractivity contribution in [1.29, 1.82) is 0 Å². The number of esters is 1. The number of benzene rings is 1. The van der Waals surface area contributed by atoms with Gasteiger partial charge in [-0.05, 0) is 42.5 Å². The Morgan fingerprint density at radius 2 is 2.21 bits per heavy atom. The number of nitrogens with one attached hydrogen (secondary N) is 1. The van der Waals surface area contributed by atoms with E-state index < -0.39 is 0 Å². The molecule has 2 aromatic rings. The Morgan fingerprint density at radius 1 is 1.42 bits per heavy atom. The lowest BCUT2D eigenvalue weighted by atomic mass is 9.98. The first-order valence-corrected chi connectivity index (χ1v) is 7.75. The van der Waals surface area contributed by atoms with Crippen LogP contribution in [0.1, 0.15) is 45.2 Å². The highest BCUT2D eigenvalue weighted by atomic mass is 16.5. The maximum atomic E-state index is 11.8. The van der Waals surface area contributed by atoms with Crippen molar-refractivity contribution in [2.75, 3.05) is 12.8 Å². The first kappa shape index (κ1) is 16.0. The van der Waals surface area contributed by atoms with Gasteiger partial charge in [0.05, 0.1) is 30.1 Å². The van der Waals surface area contributed by atoms with Crippen molar-refractivity contribution in [3.05, 3.63) is 59.1 Å². The van der Waals surface area contributed by atoms with Gasteiger partial charge in [0.25, 0.3) is 0 Å². The normalized spacial score (nSPS) is 15.7. The van der Waals surface area contributed by atoms with Gasteiger partial charge in [-0.2, -0.15) is 0 Å². The predicted molar refractivity (Wildman–Crippen MR) is 92.2 cm³/mol. The first-order chi connectivity index (χ1) is 11.5. The number of hydrogen-bond donors (Lipinski definition) is 2. The Kier molecular flexibility index (Phi) is 4.20. The summed E-state index contributed by atoms with van der Waals surface area (Å²) >= 11 is 0. The molecule has 0 aliphatic heterocycles. The number of nitrogen functional groups attached to an aromatic ring is 1. The van der Waals surface area contributed by atoms with Crippen molar-refractivity contribution in [2.24, 2.45) is 0 Å². The zero-order valence-corrected chi connectivity index (χ0v) is 13.8. The fraction of sp³-hybridized carbons (Fsp3) is 0.278. The van der Waals surface area contributed by atoms with E-state index in [1.807, 2.05) is 19.1 Å². The van der Waals surface area contributed by atoms with Gasteiger partial charge in [-0.1, -0.05) is 12.6 Å². The summed E-state index contributed by atoms with van der Waals surface area (Å²) in [6, 6.07) is 5.64. The molecule has 1 aromatic heterocycles. The van der Waals surface area contributed by atoms with Crippen LogP contribution in [0.4, 0.5) is 5.82 Å². The lowest BCUT2D eigenvalue weighted by molar-refractivity contribution is 0.0600. The zero-order chi connectivity index (χ0) is 17.3. The molecule has 0 fully saturated rings. The Hall–Kier alpha value is -2.89. The lowest BCUT2D eigenvalue weighted by Crippen LogP contribution is -2.18. The van der Waals surface area contributed by atoms with Crippen LogP contribution in [0.15, 0.2) is 31.1 Å². The van der Waals surface area contributed by atoms with Gasteiger partial charge in [-0.25, -0.2) is 14.8 Å². The van der Waals surface area contributed by atoms with E-state index in [0.717, 1.165) is 18.4 Å². The van der Waals surface area contributed by atoms with Crippen LogP contribution in [0.5, 0.6) is 0 Å². The molecule has 0 saturated heterocycles. The minimum atomic E-state index is -0.299. The van der Waals surface area contributed by atoms with Gasteiger partial charge in [-0.15, -0.1) is 0 Å². The van der Waals surface area contributed by atoms with Crippen LogP contribution >= 0.6 is 0 Å². The lowest BCUT2D eigenvalue weighted by Gasteiger charge is -2.18. The van der Waals surface area contributed by atoms with Gasteiger partial charge in [0.2, 0.25) is 0 Å². The molecular formula is C18H20N4O2. The van der Waals surface area contributed by atoms with Crippen molar-refractivity contribution < 1.29 is 9.53 Å². The van der Waals surface area contributed by atoms with E-state index in [4.69, 9.17) is 10.5 Å². The first-order valence-electron chi connectivity index (χ1n) is 7.75. The summed E-state index contributed by atoms with van der Waals surface area (Å²) in [5.41, 5.74) is 11.1. The zero-order valence-electron chi connectivity index (χ0n) is 13.8. The Bertz CT molecular complexity index is 817. The van der Waals surface area contributed by atoms with Crippen molar-refractivity contribution in [2.45, 2.75) is 25.8 Å². The van der Waals surface area contributed by atoms with Gasteiger partial charge in [-0.3, -0.25) is 0 Å². The number of carbonyl (C=O) groups excluding carboxylic acids is 1. The molecule has 6 heteroatoms. The van der Waals surface area contributed by atoms with Gasteiger partial charge < -0.3 is 15.8 Å². The van der Waals surface area contributed by atoms with E-state index in [2.05, 4.69) is 21.9 Å². The maximum Gasteiger partial charge on any atom is 0.338 e. The predicted octanol–water partition coefficient (Wildman–Crippen LogP) is 2.40. The van der Waals surface area contributed by atoms with E-state index in [0.29, 0.717) is 22.8 Å². The van der Waals surface area contributed by atoms with E-state index >= 15 is 0 Å². The molecule has 1 aliphatic carbocycles. The summed E-state index contributed by atoms with van der Waals surface area (Å²) in [6.07, 6.45) is 3.26. The van der Waals surface area contributed by atoms with Crippen LogP contribution in [0.2, 0.25) is 0 Å². The molecular weight excluding hydrogens is 304 g/mol. The quantitative estimate of drug-likeness (QED) is 0.839. The molecule has 24 heavy (non-hydrogen) atoms. The second-order valence-electron chi connectivity index (χ2n) is 5.84. The fourth-order valence-electron chi connectivity index (χ4n) is 3.18. The third-order valence-electron chi connectivity index (χ3n) is 4.44. The number of anilines is 1. The summed E-state index contributed by atoms with van der Waals surface area (Å²) in [5.74, 6) is 0.112. The second-order valence-corrected chi connectivity index (χ2v) is 5.84. The Labute approximate surface area is 140 Å². The van der Waals surface area contributed by atoms with Gasteiger partial charge >= 0.3 is 5.97 Å². The largest absolute Gasteiger partial charge is 0.465 e. The van der Waals surface area contributed by atoms with Crippen molar-refractivity contribution in [3.63, 3.8) is 0 Å². The average Bonchev–Trinajstić information content (AvgIpc) is 2.98. The van der Waals surface area contributed by atoms with Crippen LogP contribution in [-0.2, 0) is 11.2 Å². The standard InChI is InChI=1S/C18H20N4O2/c1-10-12-6-7-15(14(12)5-4-13(10)18(23)24-3)22-11(2)16-8-17(19)21-9-20-16/h4-5,8-9,15,22H,2,6-7H2,1,3H3,(H2,19,20,21)/t15-/m0/s1. The molecule has 124 valence electrons. The van der Waals surface area contributed by atoms with Crippen molar-refractivity contribution in [1.82, 2.24) is 15.3 Å². The number of carbonyl (C=O) groups is 1. The molecule has 1 aliphatic rings. The number of aromatic nitrogens is 2. The molecule has 1 aromatic carbocycles. The summed E-state index contributed by atoms with van der Waals surface area (Å²) in [5, 5.41) is 3.41. The third-order valence-corrected chi connectivity index (χ3v) is 4.44. The minimum absolute atomic E-state index is 0.133. The SMILES string of the molecule is C=C(N[C@H]1CCc2c1ccc(C(=O)OC)c2C)c1cc(N)ncn1. The highest BCUT2D eigenvalue weighted by Crippen LogP contribution is 2.35. The molecule has 0 radical (unpaired) electrons. The molecule has 3 N–H and O–H groups in total. The highest BCUT2D eigenvalue weighted by molar-refractivity contribution is 5.91. The molecule has 0 amide bonds.